The molecule has 0 saturated heterocycles. The second-order valence-electron chi connectivity index (χ2n) is 14.1. The lowest BCUT2D eigenvalue weighted by molar-refractivity contribution is 0.516. The summed E-state index contributed by atoms with van der Waals surface area (Å²) < 4.78 is 9.90. The second kappa shape index (κ2) is 15.9. The molecule has 0 bridgehead atoms. The Morgan fingerprint density at radius 3 is 1.25 bits per heavy atom. The summed E-state index contributed by atoms with van der Waals surface area (Å²) in [5.74, 6) is 1.52. The van der Waals surface area contributed by atoms with Crippen LogP contribution in [-0.4, -0.2) is 18.7 Å². The van der Waals surface area contributed by atoms with Crippen LogP contribution in [0.15, 0.2) is 72.8 Å². The molecule has 7 rings (SSSR count). The average molecular weight is 729 g/mol. The summed E-state index contributed by atoms with van der Waals surface area (Å²) in [6, 6.07) is 27.3. The van der Waals surface area contributed by atoms with Gasteiger partial charge in [0.1, 0.15) is 22.1 Å². The lowest BCUT2D eigenvalue weighted by Crippen LogP contribution is -2.03. The van der Waals surface area contributed by atoms with Gasteiger partial charge in [0.15, 0.2) is 0 Å². The second-order valence-corrected chi connectivity index (χ2v) is 16.8. The predicted octanol–water partition coefficient (Wildman–Crippen LogP) is 13.5. The summed E-state index contributed by atoms with van der Waals surface area (Å²) in [5, 5.41) is 0. The molecule has 0 spiro atoms. The van der Waals surface area contributed by atoms with Crippen LogP contribution in [0.5, 0.6) is 0 Å². The molecule has 262 valence electrons. The summed E-state index contributed by atoms with van der Waals surface area (Å²) in [7, 11) is 0. The Morgan fingerprint density at radius 2 is 0.882 bits per heavy atom. The van der Waals surface area contributed by atoms with E-state index in [0.29, 0.717) is 0 Å². The van der Waals surface area contributed by atoms with Crippen molar-refractivity contribution in [2.24, 2.45) is 11.8 Å². The maximum Gasteiger partial charge on any atom is 0.116 e. The van der Waals surface area contributed by atoms with Gasteiger partial charge in [-0.3, -0.25) is 0 Å². The Balaban J connectivity index is 1.29. The highest BCUT2D eigenvalue weighted by Gasteiger charge is 2.25. The fourth-order valence-electron chi connectivity index (χ4n) is 6.79. The highest BCUT2D eigenvalue weighted by molar-refractivity contribution is 7.19. The van der Waals surface area contributed by atoms with Gasteiger partial charge in [0.05, 0.1) is 23.1 Å². The van der Waals surface area contributed by atoms with Crippen LogP contribution < -0.4 is 0 Å². The standard InChI is InChI=1S/C44H48N4S3/c1-7-27(5)11-13-29-15-19-31(20-16-29)35-23-25-37(49-35)39-41-42(46-34(10-4)33(9-3)45-41)40(44-43(39)47-51-48-44)38-26-24-36(50-38)32-21-17-30(18-22-32)14-12-28(6)8-2/h15-28H,7-14H2,1-6H3. The number of rotatable bonds is 14. The van der Waals surface area contributed by atoms with E-state index in [9.17, 15) is 0 Å². The number of thiophene rings is 2. The molecule has 4 heterocycles. The van der Waals surface area contributed by atoms with Gasteiger partial charge < -0.3 is 0 Å². The van der Waals surface area contributed by atoms with Crippen LogP contribution in [0.1, 0.15) is 89.7 Å². The molecule has 2 unspecified atom stereocenters. The van der Waals surface area contributed by atoms with Gasteiger partial charge in [-0.2, -0.15) is 8.75 Å². The maximum absolute atomic E-state index is 5.39. The van der Waals surface area contributed by atoms with Gasteiger partial charge in [-0.05, 0) is 96.9 Å². The van der Waals surface area contributed by atoms with E-state index < -0.39 is 0 Å². The Labute approximate surface area is 315 Å². The average Bonchev–Trinajstić information content (AvgIpc) is 3.97. The summed E-state index contributed by atoms with van der Waals surface area (Å²) >= 11 is 4.89. The van der Waals surface area contributed by atoms with E-state index in [-0.39, 0.29) is 0 Å². The molecule has 4 aromatic heterocycles. The minimum atomic E-state index is 0.760. The van der Waals surface area contributed by atoms with Crippen molar-refractivity contribution in [3.8, 4) is 41.8 Å². The van der Waals surface area contributed by atoms with Gasteiger partial charge in [-0.25, -0.2) is 9.97 Å². The minimum Gasteiger partial charge on any atom is -0.249 e. The first-order chi connectivity index (χ1) is 24.9. The van der Waals surface area contributed by atoms with Crippen molar-refractivity contribution in [2.75, 3.05) is 0 Å². The third-order valence-corrected chi connectivity index (χ3v) is 13.4. The van der Waals surface area contributed by atoms with Crippen molar-refractivity contribution in [3.05, 3.63) is 95.3 Å². The number of aromatic nitrogens is 4. The molecule has 0 aliphatic carbocycles. The van der Waals surface area contributed by atoms with Crippen molar-refractivity contribution in [1.82, 2.24) is 18.7 Å². The molecule has 0 aliphatic rings. The molecule has 0 amide bonds. The minimum absolute atomic E-state index is 0.760. The quantitative estimate of drug-likeness (QED) is 0.112. The number of fused-ring (bicyclic) bond motifs is 2. The molecule has 7 heteroatoms. The van der Waals surface area contributed by atoms with Gasteiger partial charge >= 0.3 is 0 Å². The van der Waals surface area contributed by atoms with E-state index in [1.165, 1.54) is 69.4 Å². The lowest BCUT2D eigenvalue weighted by atomic mass is 9.98. The van der Waals surface area contributed by atoms with Crippen molar-refractivity contribution in [2.45, 2.75) is 92.9 Å². The number of aryl methyl sites for hydroxylation is 4. The maximum atomic E-state index is 5.39. The van der Waals surface area contributed by atoms with E-state index in [0.717, 1.165) is 91.9 Å². The van der Waals surface area contributed by atoms with Crippen LogP contribution in [0.25, 0.3) is 63.8 Å². The molecule has 4 nitrogen and oxygen atoms in total. The zero-order valence-corrected chi connectivity index (χ0v) is 33.2. The molecule has 0 aliphatic heterocycles. The summed E-state index contributed by atoms with van der Waals surface area (Å²) in [6.07, 6.45) is 8.88. The van der Waals surface area contributed by atoms with Crippen LogP contribution in [-0.2, 0) is 25.7 Å². The van der Waals surface area contributed by atoms with Gasteiger partial charge in [-0.1, -0.05) is 103 Å². The highest BCUT2D eigenvalue weighted by Crippen LogP contribution is 2.47. The van der Waals surface area contributed by atoms with E-state index in [1.54, 1.807) is 22.7 Å². The fraction of sp³-hybridized carbons (Fsp3) is 0.364. The van der Waals surface area contributed by atoms with Gasteiger partial charge in [-0.15, -0.1) is 22.7 Å². The van der Waals surface area contributed by atoms with Crippen molar-refractivity contribution >= 4 is 56.5 Å². The van der Waals surface area contributed by atoms with Crippen LogP contribution in [0.2, 0.25) is 0 Å². The molecule has 2 atom stereocenters. The summed E-state index contributed by atoms with van der Waals surface area (Å²) in [5.41, 5.74) is 13.2. The van der Waals surface area contributed by atoms with E-state index in [2.05, 4.69) is 114 Å². The van der Waals surface area contributed by atoms with Gasteiger partial charge in [0, 0.05) is 30.6 Å². The smallest absolute Gasteiger partial charge is 0.116 e. The normalized spacial score (nSPS) is 13.0. The van der Waals surface area contributed by atoms with Crippen molar-refractivity contribution < 1.29 is 0 Å². The van der Waals surface area contributed by atoms with Crippen molar-refractivity contribution in [1.29, 1.82) is 0 Å². The zero-order chi connectivity index (χ0) is 35.5. The first-order valence-corrected chi connectivity index (χ1v) is 21.1. The molecular formula is C44H48N4S3. The lowest BCUT2D eigenvalue weighted by Gasteiger charge is -2.13. The Morgan fingerprint density at radius 1 is 0.490 bits per heavy atom. The molecule has 7 aromatic rings. The number of nitrogens with zero attached hydrogens (tertiary/aromatic N) is 4. The van der Waals surface area contributed by atoms with E-state index in [4.69, 9.17) is 18.7 Å². The van der Waals surface area contributed by atoms with Gasteiger partial charge in [0.2, 0.25) is 0 Å². The topological polar surface area (TPSA) is 51.6 Å². The highest BCUT2D eigenvalue weighted by atomic mass is 32.1. The Kier molecular flexibility index (Phi) is 11.1. The Hall–Kier alpha value is -3.78. The van der Waals surface area contributed by atoms with Gasteiger partial charge in [0.25, 0.3) is 0 Å². The monoisotopic (exact) mass is 728 g/mol. The van der Waals surface area contributed by atoms with Crippen LogP contribution in [0.4, 0.5) is 0 Å². The first-order valence-electron chi connectivity index (χ1n) is 18.8. The third kappa shape index (κ3) is 7.44. The molecule has 51 heavy (non-hydrogen) atoms. The van der Waals surface area contributed by atoms with E-state index >= 15 is 0 Å². The molecule has 0 saturated carbocycles. The Bertz CT molecular complexity index is 2080. The molecule has 0 fully saturated rings. The third-order valence-electron chi connectivity index (χ3n) is 10.6. The fourth-order valence-corrected chi connectivity index (χ4v) is 9.46. The SMILES string of the molecule is CCc1nc2c(-c3ccc(-c4ccc(CCC(C)CC)cc4)s3)c3nsnc3c(-c3ccc(-c4ccc(CCC(C)CC)cc4)s3)c2nc1CC. The summed E-state index contributed by atoms with van der Waals surface area (Å²) in [6.45, 7) is 13.6. The van der Waals surface area contributed by atoms with Crippen LogP contribution in [0, 0.1) is 11.8 Å². The number of hydrogen-bond donors (Lipinski definition) is 0. The molecule has 3 aromatic carbocycles. The van der Waals surface area contributed by atoms with Crippen molar-refractivity contribution in [3.63, 3.8) is 0 Å². The molecular weight excluding hydrogens is 681 g/mol. The predicted molar refractivity (Wildman–Crippen MR) is 222 cm³/mol. The molecule has 0 radical (unpaired) electrons. The van der Waals surface area contributed by atoms with Crippen LogP contribution >= 0.6 is 34.4 Å². The zero-order valence-electron chi connectivity index (χ0n) is 30.8. The number of hydrogen-bond acceptors (Lipinski definition) is 7. The first kappa shape index (κ1) is 35.6. The number of benzene rings is 3. The largest absolute Gasteiger partial charge is 0.249 e. The van der Waals surface area contributed by atoms with E-state index in [1.807, 2.05) is 0 Å². The summed E-state index contributed by atoms with van der Waals surface area (Å²) in [4.78, 5) is 15.6. The molecule has 0 N–H and O–H groups in total. The van der Waals surface area contributed by atoms with Crippen LogP contribution in [0.3, 0.4) is 0 Å².